The summed E-state index contributed by atoms with van der Waals surface area (Å²) in [7, 11) is 0. The molecule has 2 N–H and O–H groups in total. The average molecular weight is 429 g/mol. The molecule has 0 saturated carbocycles. The summed E-state index contributed by atoms with van der Waals surface area (Å²) in [5.74, 6) is -0.331. The van der Waals surface area contributed by atoms with Crippen molar-refractivity contribution in [3.63, 3.8) is 0 Å². The number of likely N-dealkylation sites (tertiary alicyclic amines) is 1. The Morgan fingerprint density at radius 3 is 2.28 bits per heavy atom. The molecule has 164 valence electrons. The number of piperidine rings is 1. The van der Waals surface area contributed by atoms with E-state index < -0.39 is 5.91 Å². The maximum Gasteiger partial charge on any atom is 0.253 e. The highest BCUT2D eigenvalue weighted by Gasteiger charge is 2.37. The first-order valence-corrected chi connectivity index (χ1v) is 11.3. The Hall–Kier alpha value is -3.18. The molecule has 2 amide bonds. The van der Waals surface area contributed by atoms with Gasteiger partial charge in [-0.15, -0.1) is 0 Å². The topological polar surface area (TPSA) is 72.6 Å². The van der Waals surface area contributed by atoms with Crippen LogP contribution < -0.4 is 5.73 Å². The van der Waals surface area contributed by atoms with E-state index >= 15 is 0 Å². The van der Waals surface area contributed by atoms with E-state index in [1.807, 2.05) is 59.5 Å². The van der Waals surface area contributed by atoms with Crippen molar-refractivity contribution < 1.29 is 14.3 Å². The fourth-order valence-electron chi connectivity index (χ4n) is 5.17. The van der Waals surface area contributed by atoms with Crippen LogP contribution in [0.2, 0.25) is 0 Å². The summed E-state index contributed by atoms with van der Waals surface area (Å²) >= 11 is 0. The van der Waals surface area contributed by atoms with Gasteiger partial charge in [-0.05, 0) is 77.3 Å². The van der Waals surface area contributed by atoms with Gasteiger partial charge in [0.15, 0.2) is 0 Å². The van der Waals surface area contributed by atoms with Gasteiger partial charge in [0.25, 0.3) is 5.91 Å². The van der Waals surface area contributed by atoms with E-state index in [9.17, 15) is 9.59 Å². The molecule has 32 heavy (non-hydrogen) atoms. The lowest BCUT2D eigenvalue weighted by Crippen LogP contribution is -2.45. The Kier molecular flexibility index (Phi) is 5.43. The highest BCUT2D eigenvalue weighted by molar-refractivity contribution is 6.02. The van der Waals surface area contributed by atoms with Crippen molar-refractivity contribution in [3.8, 4) is 11.1 Å². The number of ether oxygens (including phenoxy) is 1. The molecule has 3 aromatic rings. The summed E-state index contributed by atoms with van der Waals surface area (Å²) in [5, 5.41) is 2.03. The number of hydrogen-bond donors (Lipinski definition) is 1. The van der Waals surface area contributed by atoms with Gasteiger partial charge >= 0.3 is 0 Å². The zero-order valence-electron chi connectivity index (χ0n) is 18.2. The first-order valence-electron chi connectivity index (χ1n) is 11.3. The summed E-state index contributed by atoms with van der Waals surface area (Å²) < 4.78 is 5.53. The maximum atomic E-state index is 13.2. The number of nitrogens with two attached hydrogens (primary N) is 1. The van der Waals surface area contributed by atoms with Crippen LogP contribution in [0.1, 0.15) is 46.4 Å². The fraction of sp³-hybridized carbons (Fsp3) is 0.333. The summed E-state index contributed by atoms with van der Waals surface area (Å²) in [4.78, 5) is 27.0. The van der Waals surface area contributed by atoms with Crippen molar-refractivity contribution in [2.45, 2.75) is 25.7 Å². The second-order valence-corrected chi connectivity index (χ2v) is 9.09. The van der Waals surface area contributed by atoms with Crippen LogP contribution in [0.3, 0.4) is 0 Å². The summed E-state index contributed by atoms with van der Waals surface area (Å²) in [6, 6.07) is 19.3. The van der Waals surface area contributed by atoms with Gasteiger partial charge in [0.2, 0.25) is 5.91 Å². The first kappa shape index (κ1) is 20.7. The molecule has 1 spiro atoms. The number of benzene rings is 3. The van der Waals surface area contributed by atoms with Crippen LogP contribution in [-0.4, -0.2) is 43.0 Å². The third-order valence-corrected chi connectivity index (χ3v) is 7.26. The monoisotopic (exact) mass is 428 g/mol. The molecule has 2 fully saturated rings. The van der Waals surface area contributed by atoms with Gasteiger partial charge in [0.1, 0.15) is 0 Å². The van der Waals surface area contributed by atoms with E-state index in [0.29, 0.717) is 11.0 Å². The summed E-state index contributed by atoms with van der Waals surface area (Å²) in [5.41, 5.74) is 8.90. The van der Waals surface area contributed by atoms with Crippen LogP contribution in [0.15, 0.2) is 60.7 Å². The standard InChI is InChI=1S/C27H28N2O3/c28-25(30)24-4-2-1-3-23(24)21-7-5-20-18-22(8-6-19(20)17-21)26(31)29-13-9-27(10-14-29)11-15-32-16-12-27/h1-8,17-18H,9-16H2,(H2,28,30). The summed E-state index contributed by atoms with van der Waals surface area (Å²) in [6.07, 6.45) is 4.37. The van der Waals surface area contributed by atoms with Crippen LogP contribution in [-0.2, 0) is 4.74 Å². The minimum absolute atomic E-state index is 0.108. The number of nitrogens with zero attached hydrogens (tertiary/aromatic N) is 1. The molecule has 0 aliphatic carbocycles. The van der Waals surface area contributed by atoms with Gasteiger partial charge < -0.3 is 15.4 Å². The SMILES string of the molecule is NC(=O)c1ccccc1-c1ccc2cc(C(=O)N3CCC4(CCOCC4)CC3)ccc2c1. The number of primary amides is 1. The average Bonchev–Trinajstić information content (AvgIpc) is 2.84. The zero-order chi connectivity index (χ0) is 22.1. The second-order valence-electron chi connectivity index (χ2n) is 9.09. The maximum absolute atomic E-state index is 13.2. The van der Waals surface area contributed by atoms with Crippen LogP contribution in [0.5, 0.6) is 0 Å². The van der Waals surface area contributed by atoms with Gasteiger partial charge in [-0.3, -0.25) is 9.59 Å². The predicted octanol–water partition coefficient (Wildman–Crippen LogP) is 4.64. The molecule has 2 aliphatic heterocycles. The van der Waals surface area contributed by atoms with Gasteiger partial charge in [-0.25, -0.2) is 0 Å². The second kappa shape index (κ2) is 8.40. The van der Waals surface area contributed by atoms with Crippen molar-refractivity contribution in [1.29, 1.82) is 0 Å². The predicted molar refractivity (Wildman–Crippen MR) is 126 cm³/mol. The van der Waals surface area contributed by atoms with Gasteiger partial charge in [-0.1, -0.05) is 36.4 Å². The van der Waals surface area contributed by atoms with E-state index in [4.69, 9.17) is 10.5 Å². The van der Waals surface area contributed by atoms with Crippen LogP contribution in [0.4, 0.5) is 0 Å². The Morgan fingerprint density at radius 1 is 0.844 bits per heavy atom. The minimum Gasteiger partial charge on any atom is -0.381 e. The van der Waals surface area contributed by atoms with Crippen molar-refractivity contribution >= 4 is 22.6 Å². The number of hydrogen-bond acceptors (Lipinski definition) is 3. The third kappa shape index (κ3) is 3.89. The largest absolute Gasteiger partial charge is 0.381 e. The quantitative estimate of drug-likeness (QED) is 0.661. The molecule has 0 aromatic heterocycles. The molecule has 0 radical (unpaired) electrons. The Balaban J connectivity index is 1.36. The zero-order valence-corrected chi connectivity index (χ0v) is 18.2. The van der Waals surface area contributed by atoms with E-state index in [0.717, 1.165) is 79.4 Å². The van der Waals surface area contributed by atoms with Crippen molar-refractivity contribution in [3.05, 3.63) is 71.8 Å². The Labute approximate surface area is 188 Å². The Bertz CT molecular complexity index is 1170. The summed E-state index contributed by atoms with van der Waals surface area (Å²) in [6.45, 7) is 3.34. The van der Waals surface area contributed by atoms with Gasteiger partial charge in [0.05, 0.1) is 0 Å². The normalized spacial score (nSPS) is 18.1. The van der Waals surface area contributed by atoms with Crippen molar-refractivity contribution in [2.75, 3.05) is 26.3 Å². The molecular formula is C27H28N2O3. The molecule has 2 saturated heterocycles. The number of amides is 2. The van der Waals surface area contributed by atoms with Crippen molar-refractivity contribution in [1.82, 2.24) is 4.90 Å². The molecular weight excluding hydrogens is 400 g/mol. The molecule has 5 nitrogen and oxygen atoms in total. The lowest BCUT2D eigenvalue weighted by atomic mass is 9.72. The first-order chi connectivity index (χ1) is 15.5. The molecule has 2 heterocycles. The van der Waals surface area contributed by atoms with Gasteiger partial charge in [0, 0.05) is 37.4 Å². The van der Waals surface area contributed by atoms with Crippen LogP contribution >= 0.6 is 0 Å². The molecule has 5 rings (SSSR count). The molecule has 3 aromatic carbocycles. The minimum atomic E-state index is -0.439. The number of carbonyl (C=O) groups is 2. The van der Waals surface area contributed by atoms with Gasteiger partial charge in [-0.2, -0.15) is 0 Å². The lowest BCUT2D eigenvalue weighted by molar-refractivity contribution is -0.0175. The van der Waals surface area contributed by atoms with Crippen LogP contribution in [0, 0.1) is 5.41 Å². The smallest absolute Gasteiger partial charge is 0.253 e. The number of rotatable bonds is 3. The van der Waals surface area contributed by atoms with Crippen LogP contribution in [0.25, 0.3) is 21.9 Å². The molecule has 5 heteroatoms. The van der Waals surface area contributed by atoms with E-state index in [1.165, 1.54) is 0 Å². The van der Waals surface area contributed by atoms with E-state index in [2.05, 4.69) is 0 Å². The highest BCUT2D eigenvalue weighted by atomic mass is 16.5. The Morgan fingerprint density at radius 2 is 1.53 bits per heavy atom. The highest BCUT2D eigenvalue weighted by Crippen LogP contribution is 2.41. The number of carbonyl (C=O) groups excluding carboxylic acids is 2. The van der Waals surface area contributed by atoms with E-state index in [1.54, 1.807) is 6.07 Å². The molecule has 0 bridgehead atoms. The molecule has 2 aliphatic rings. The fourth-order valence-corrected chi connectivity index (χ4v) is 5.17. The van der Waals surface area contributed by atoms with Crippen molar-refractivity contribution in [2.24, 2.45) is 11.1 Å². The lowest BCUT2D eigenvalue weighted by Gasteiger charge is -2.44. The molecule has 0 atom stereocenters. The number of fused-ring (bicyclic) bond motifs is 1. The molecule has 0 unspecified atom stereocenters. The third-order valence-electron chi connectivity index (χ3n) is 7.26. The van der Waals surface area contributed by atoms with E-state index in [-0.39, 0.29) is 5.91 Å².